The van der Waals surface area contributed by atoms with Crippen LogP contribution >= 0.6 is 0 Å². The Bertz CT molecular complexity index is 361. The topological polar surface area (TPSA) is 89.6 Å². The molecule has 0 bridgehead atoms. The van der Waals surface area contributed by atoms with Crippen molar-refractivity contribution in [1.29, 1.82) is 0 Å². The molecule has 0 fully saturated rings. The first-order chi connectivity index (χ1) is 5.47. The van der Waals surface area contributed by atoms with E-state index in [2.05, 4.69) is 9.32 Å². The summed E-state index contributed by atoms with van der Waals surface area (Å²) in [4.78, 5) is 0. The first-order valence-corrected chi connectivity index (χ1v) is 4.46. The summed E-state index contributed by atoms with van der Waals surface area (Å²) >= 11 is 0. The van der Waals surface area contributed by atoms with E-state index in [4.69, 9.17) is 5.11 Å². The second-order valence-electron chi connectivity index (χ2n) is 2.07. The van der Waals surface area contributed by atoms with Crippen LogP contribution in [0.3, 0.4) is 0 Å². The first kappa shape index (κ1) is 13.4. The standard InChI is InChI=1S/C6H7NO4S.K.H/c7-12(9,10)11-6-3-1-5(8)2-4-6;;/h1-4,8H,(H2,7,9,10);;. The Morgan fingerprint density at radius 1 is 1.23 bits per heavy atom. The van der Waals surface area contributed by atoms with Crippen molar-refractivity contribution < 1.29 is 17.7 Å². The maximum atomic E-state index is 10.4. The van der Waals surface area contributed by atoms with Crippen LogP contribution in [0.1, 0.15) is 0 Å². The molecular formula is C6H8KNO4S. The van der Waals surface area contributed by atoms with Crippen LogP contribution in [0.25, 0.3) is 0 Å². The van der Waals surface area contributed by atoms with Gasteiger partial charge in [0.05, 0.1) is 0 Å². The van der Waals surface area contributed by atoms with Crippen molar-refractivity contribution in [1.82, 2.24) is 0 Å². The number of benzene rings is 1. The van der Waals surface area contributed by atoms with Gasteiger partial charge in [0.1, 0.15) is 11.5 Å². The number of phenols is 1. The average Bonchev–Trinajstić information content (AvgIpc) is 1.91. The zero-order valence-electron chi connectivity index (χ0n) is 5.97. The van der Waals surface area contributed by atoms with Gasteiger partial charge in [-0.1, -0.05) is 0 Å². The van der Waals surface area contributed by atoms with Crippen LogP contribution in [0.5, 0.6) is 11.5 Å². The van der Waals surface area contributed by atoms with Gasteiger partial charge in [0.15, 0.2) is 0 Å². The van der Waals surface area contributed by atoms with E-state index in [0.717, 1.165) is 0 Å². The minimum absolute atomic E-state index is 0. The molecule has 0 aliphatic carbocycles. The monoisotopic (exact) mass is 229 g/mol. The fraction of sp³-hybridized carbons (Fsp3) is 0. The van der Waals surface area contributed by atoms with Crippen LogP contribution in [0.2, 0.25) is 0 Å². The van der Waals surface area contributed by atoms with Crippen LogP contribution in [-0.2, 0) is 10.3 Å². The summed E-state index contributed by atoms with van der Waals surface area (Å²) in [5.74, 6) is 0.0899. The van der Waals surface area contributed by atoms with E-state index in [-0.39, 0.29) is 62.9 Å². The molecule has 1 rings (SSSR count). The Hall–Kier alpha value is 0.366. The van der Waals surface area contributed by atoms with E-state index in [1.165, 1.54) is 24.3 Å². The van der Waals surface area contributed by atoms with Gasteiger partial charge >= 0.3 is 61.7 Å². The Labute approximate surface area is 119 Å². The molecule has 0 amide bonds. The molecule has 68 valence electrons. The van der Waals surface area contributed by atoms with Crippen molar-refractivity contribution >= 4 is 61.7 Å². The minimum atomic E-state index is -3.97. The molecule has 3 N–H and O–H groups in total. The summed E-state index contributed by atoms with van der Waals surface area (Å²) in [6.45, 7) is 0. The number of hydrogen-bond donors (Lipinski definition) is 2. The summed E-state index contributed by atoms with van der Waals surface area (Å²) in [6, 6.07) is 5.17. The molecule has 0 radical (unpaired) electrons. The van der Waals surface area contributed by atoms with E-state index in [1.807, 2.05) is 0 Å². The molecule has 0 saturated heterocycles. The van der Waals surface area contributed by atoms with Crippen molar-refractivity contribution in [3.8, 4) is 11.5 Å². The van der Waals surface area contributed by atoms with Gasteiger partial charge in [-0.15, -0.1) is 0 Å². The maximum absolute atomic E-state index is 10.4. The molecule has 1 aromatic carbocycles. The molecule has 0 unspecified atom stereocenters. The molecule has 0 atom stereocenters. The van der Waals surface area contributed by atoms with Gasteiger partial charge in [0, 0.05) is 0 Å². The second kappa shape index (κ2) is 5.30. The molecule has 0 spiro atoms. The Morgan fingerprint density at radius 3 is 2.08 bits per heavy atom. The van der Waals surface area contributed by atoms with E-state index in [0.29, 0.717) is 0 Å². The third-order valence-electron chi connectivity index (χ3n) is 1.05. The molecular weight excluding hydrogens is 221 g/mol. The molecule has 0 aliphatic heterocycles. The van der Waals surface area contributed by atoms with Gasteiger partial charge in [-0.25, -0.2) is 0 Å². The fourth-order valence-electron chi connectivity index (χ4n) is 0.636. The Kier molecular flexibility index (Phi) is 5.45. The molecule has 5 nitrogen and oxygen atoms in total. The van der Waals surface area contributed by atoms with E-state index < -0.39 is 10.3 Å². The molecule has 0 aromatic heterocycles. The number of rotatable bonds is 2. The molecule has 7 heteroatoms. The first-order valence-electron chi connectivity index (χ1n) is 2.98. The van der Waals surface area contributed by atoms with Crippen molar-refractivity contribution in [3.05, 3.63) is 24.3 Å². The Balaban J connectivity index is 0.00000144. The zero-order valence-corrected chi connectivity index (χ0v) is 6.78. The molecule has 1 aromatic rings. The third-order valence-corrected chi connectivity index (χ3v) is 1.47. The van der Waals surface area contributed by atoms with Gasteiger partial charge in [0.2, 0.25) is 0 Å². The summed E-state index contributed by atoms with van der Waals surface area (Å²) < 4.78 is 25.1. The van der Waals surface area contributed by atoms with Crippen LogP contribution in [-0.4, -0.2) is 64.9 Å². The van der Waals surface area contributed by atoms with Crippen molar-refractivity contribution in [3.63, 3.8) is 0 Å². The normalized spacial score (nSPS) is 10.2. The van der Waals surface area contributed by atoms with Gasteiger partial charge < -0.3 is 9.29 Å². The van der Waals surface area contributed by atoms with E-state index in [1.54, 1.807) is 0 Å². The summed E-state index contributed by atoms with van der Waals surface area (Å²) in [5, 5.41) is 13.4. The third kappa shape index (κ3) is 5.63. The van der Waals surface area contributed by atoms with Gasteiger partial charge in [0.25, 0.3) is 0 Å². The summed E-state index contributed by atoms with van der Waals surface area (Å²) in [6.07, 6.45) is 0. The number of aromatic hydroxyl groups is 1. The Morgan fingerprint density at radius 2 is 1.69 bits per heavy atom. The molecule has 0 heterocycles. The van der Waals surface area contributed by atoms with Gasteiger partial charge in [-0.3, -0.25) is 0 Å². The van der Waals surface area contributed by atoms with Crippen molar-refractivity contribution in [2.75, 3.05) is 0 Å². The SMILES string of the molecule is NS(=O)(=O)Oc1ccc(O)cc1.[KH]. The quantitative estimate of drug-likeness (QED) is 0.658. The summed E-state index contributed by atoms with van der Waals surface area (Å²) in [7, 11) is -3.97. The molecule has 13 heavy (non-hydrogen) atoms. The molecule has 0 saturated carbocycles. The van der Waals surface area contributed by atoms with Crippen molar-refractivity contribution in [2.24, 2.45) is 5.14 Å². The zero-order chi connectivity index (χ0) is 9.19. The predicted molar refractivity (Wildman–Crippen MR) is 49.0 cm³/mol. The number of hydrogen-bond acceptors (Lipinski definition) is 4. The summed E-state index contributed by atoms with van der Waals surface area (Å²) in [5.41, 5.74) is 0. The number of nitrogens with two attached hydrogens (primary N) is 1. The number of phenolic OH excluding ortho intramolecular Hbond substituents is 1. The second-order valence-corrected chi connectivity index (χ2v) is 3.22. The van der Waals surface area contributed by atoms with Crippen molar-refractivity contribution in [2.45, 2.75) is 0 Å². The average molecular weight is 229 g/mol. The van der Waals surface area contributed by atoms with Gasteiger partial charge in [-0.2, -0.15) is 13.6 Å². The van der Waals surface area contributed by atoms with Crippen LogP contribution < -0.4 is 9.32 Å². The van der Waals surface area contributed by atoms with Crippen LogP contribution in [0.4, 0.5) is 0 Å². The van der Waals surface area contributed by atoms with E-state index in [9.17, 15) is 8.42 Å². The van der Waals surface area contributed by atoms with Crippen LogP contribution in [0.15, 0.2) is 24.3 Å². The van der Waals surface area contributed by atoms with Gasteiger partial charge in [-0.05, 0) is 24.3 Å². The van der Waals surface area contributed by atoms with Crippen LogP contribution in [0, 0.1) is 0 Å². The van der Waals surface area contributed by atoms with E-state index >= 15 is 0 Å². The molecule has 0 aliphatic rings. The fourth-order valence-corrected chi connectivity index (χ4v) is 1.02. The predicted octanol–water partition coefficient (Wildman–Crippen LogP) is -0.674.